The Balaban J connectivity index is 1.85. The van der Waals surface area contributed by atoms with E-state index < -0.39 is 5.92 Å². The highest BCUT2D eigenvalue weighted by Crippen LogP contribution is 2.38. The third-order valence-corrected chi connectivity index (χ3v) is 4.64. The predicted molar refractivity (Wildman–Crippen MR) is 78.6 cm³/mol. The van der Waals surface area contributed by atoms with Crippen molar-refractivity contribution < 1.29 is 14.4 Å². The van der Waals surface area contributed by atoms with Gasteiger partial charge in [-0.05, 0) is 30.9 Å². The summed E-state index contributed by atoms with van der Waals surface area (Å²) < 4.78 is 0. The smallest absolute Gasteiger partial charge is 0.238 e. The standard InChI is InChI=1S/C17H19NO3/c1-11-7-8-15(19)13(9-11)14-10-16(20)18(17(14)21)12-5-3-2-4-6-12/h2-6,11,13-14H,7-10H2,1H3. The number of rotatable bonds is 2. The average molecular weight is 285 g/mol. The number of hydrogen-bond donors (Lipinski definition) is 0. The second-order valence-corrected chi connectivity index (χ2v) is 6.17. The number of para-hydroxylation sites is 1. The van der Waals surface area contributed by atoms with Crippen LogP contribution in [0.5, 0.6) is 0 Å². The van der Waals surface area contributed by atoms with Crippen LogP contribution in [0.15, 0.2) is 30.3 Å². The second kappa shape index (κ2) is 5.43. The van der Waals surface area contributed by atoms with Gasteiger partial charge in [0, 0.05) is 18.8 Å². The maximum atomic E-state index is 12.6. The fourth-order valence-electron chi connectivity index (χ4n) is 3.46. The van der Waals surface area contributed by atoms with E-state index in [0.29, 0.717) is 18.0 Å². The first-order valence-corrected chi connectivity index (χ1v) is 7.52. The molecule has 2 aliphatic rings. The molecule has 1 aromatic rings. The summed E-state index contributed by atoms with van der Waals surface area (Å²) in [6, 6.07) is 8.96. The number of nitrogens with zero attached hydrogens (tertiary/aromatic N) is 1. The van der Waals surface area contributed by atoms with E-state index in [4.69, 9.17) is 0 Å². The lowest BCUT2D eigenvalue weighted by atomic mass is 9.74. The van der Waals surface area contributed by atoms with E-state index in [1.165, 1.54) is 4.90 Å². The third-order valence-electron chi connectivity index (χ3n) is 4.64. The summed E-state index contributed by atoms with van der Waals surface area (Å²) in [5, 5.41) is 0. The first-order chi connectivity index (χ1) is 10.1. The van der Waals surface area contributed by atoms with Crippen molar-refractivity contribution in [3.05, 3.63) is 30.3 Å². The molecule has 3 rings (SSSR count). The Bertz CT molecular complexity index is 581. The number of hydrogen-bond acceptors (Lipinski definition) is 3. The third kappa shape index (κ3) is 2.50. The van der Waals surface area contributed by atoms with E-state index in [0.717, 1.165) is 12.8 Å². The summed E-state index contributed by atoms with van der Waals surface area (Å²) in [5.41, 5.74) is 0.603. The summed E-state index contributed by atoms with van der Waals surface area (Å²) >= 11 is 0. The van der Waals surface area contributed by atoms with E-state index in [1.807, 2.05) is 6.07 Å². The van der Waals surface area contributed by atoms with Gasteiger partial charge in [-0.3, -0.25) is 19.3 Å². The van der Waals surface area contributed by atoms with Gasteiger partial charge in [0.05, 0.1) is 11.6 Å². The largest absolute Gasteiger partial charge is 0.299 e. The zero-order chi connectivity index (χ0) is 15.0. The van der Waals surface area contributed by atoms with Gasteiger partial charge in [0.25, 0.3) is 0 Å². The van der Waals surface area contributed by atoms with Crippen LogP contribution in [0.25, 0.3) is 0 Å². The number of benzene rings is 1. The molecule has 2 amide bonds. The molecule has 1 aliphatic carbocycles. The zero-order valence-corrected chi connectivity index (χ0v) is 12.1. The first-order valence-electron chi connectivity index (χ1n) is 7.52. The zero-order valence-electron chi connectivity index (χ0n) is 12.1. The monoisotopic (exact) mass is 285 g/mol. The van der Waals surface area contributed by atoms with Gasteiger partial charge in [-0.25, -0.2) is 0 Å². The molecule has 110 valence electrons. The SMILES string of the molecule is CC1CCC(=O)C(C2CC(=O)N(c3ccccc3)C2=O)C1. The van der Waals surface area contributed by atoms with Crippen molar-refractivity contribution in [2.45, 2.75) is 32.6 Å². The minimum Gasteiger partial charge on any atom is -0.299 e. The predicted octanol–water partition coefficient (Wildman–Crippen LogP) is 2.57. The molecule has 1 aromatic carbocycles. The Morgan fingerprint density at radius 1 is 1.05 bits per heavy atom. The number of amides is 2. The lowest BCUT2D eigenvalue weighted by Gasteiger charge is -2.28. The molecule has 4 heteroatoms. The average Bonchev–Trinajstić information content (AvgIpc) is 2.77. The number of anilines is 1. The van der Waals surface area contributed by atoms with Crippen LogP contribution >= 0.6 is 0 Å². The second-order valence-electron chi connectivity index (χ2n) is 6.17. The first kappa shape index (κ1) is 14.0. The molecule has 21 heavy (non-hydrogen) atoms. The lowest BCUT2D eigenvalue weighted by molar-refractivity contribution is -0.133. The maximum absolute atomic E-state index is 12.6. The van der Waals surface area contributed by atoms with Gasteiger partial charge < -0.3 is 0 Å². The van der Waals surface area contributed by atoms with Gasteiger partial charge in [-0.15, -0.1) is 0 Å². The number of Topliss-reactive ketones (excluding diaryl/α,β-unsaturated/α-hetero) is 1. The van der Waals surface area contributed by atoms with Crippen LogP contribution in [-0.4, -0.2) is 17.6 Å². The van der Waals surface area contributed by atoms with Crippen LogP contribution < -0.4 is 4.90 Å². The minimum absolute atomic E-state index is 0.147. The molecular weight excluding hydrogens is 266 g/mol. The molecule has 0 spiro atoms. The van der Waals surface area contributed by atoms with Crippen LogP contribution in [-0.2, 0) is 14.4 Å². The molecule has 1 saturated carbocycles. The Morgan fingerprint density at radius 3 is 2.48 bits per heavy atom. The normalized spacial score (nSPS) is 30.0. The number of ketones is 1. The topological polar surface area (TPSA) is 54.5 Å². The summed E-state index contributed by atoms with van der Waals surface area (Å²) in [4.78, 5) is 38.2. The van der Waals surface area contributed by atoms with Crippen LogP contribution in [0, 0.1) is 17.8 Å². The summed E-state index contributed by atoms with van der Waals surface area (Å²) in [5.74, 6) is -0.553. The molecule has 1 aliphatic heterocycles. The molecule has 1 saturated heterocycles. The van der Waals surface area contributed by atoms with Crippen molar-refractivity contribution in [2.24, 2.45) is 17.8 Å². The molecule has 0 bridgehead atoms. The fourth-order valence-corrected chi connectivity index (χ4v) is 3.46. The van der Waals surface area contributed by atoms with Crippen molar-refractivity contribution in [1.82, 2.24) is 0 Å². The van der Waals surface area contributed by atoms with E-state index in [9.17, 15) is 14.4 Å². The maximum Gasteiger partial charge on any atom is 0.238 e. The molecule has 3 atom stereocenters. The molecule has 0 N–H and O–H groups in total. The van der Waals surface area contributed by atoms with Crippen LogP contribution in [0.4, 0.5) is 5.69 Å². The quantitative estimate of drug-likeness (QED) is 0.785. The summed E-state index contributed by atoms with van der Waals surface area (Å²) in [6.07, 6.45) is 2.32. The fraction of sp³-hybridized carbons (Fsp3) is 0.471. The highest BCUT2D eigenvalue weighted by atomic mass is 16.2. The van der Waals surface area contributed by atoms with E-state index >= 15 is 0 Å². The molecule has 2 fully saturated rings. The minimum atomic E-state index is -0.465. The number of carbonyl (C=O) groups is 3. The van der Waals surface area contributed by atoms with Gasteiger partial charge in [0.2, 0.25) is 11.8 Å². The van der Waals surface area contributed by atoms with Gasteiger partial charge in [0.1, 0.15) is 5.78 Å². The van der Waals surface area contributed by atoms with Gasteiger partial charge in [-0.2, -0.15) is 0 Å². The van der Waals surface area contributed by atoms with Crippen molar-refractivity contribution in [3.63, 3.8) is 0 Å². The molecule has 4 nitrogen and oxygen atoms in total. The van der Waals surface area contributed by atoms with Crippen molar-refractivity contribution in [2.75, 3.05) is 4.90 Å². The van der Waals surface area contributed by atoms with Crippen molar-refractivity contribution >= 4 is 23.3 Å². The summed E-state index contributed by atoms with van der Waals surface area (Å²) in [7, 11) is 0. The Labute approximate surface area is 124 Å². The lowest BCUT2D eigenvalue weighted by Crippen LogP contribution is -2.36. The number of carbonyl (C=O) groups excluding carboxylic acids is 3. The van der Waals surface area contributed by atoms with Crippen LogP contribution in [0.3, 0.4) is 0 Å². The summed E-state index contributed by atoms with van der Waals surface area (Å²) in [6.45, 7) is 2.11. The van der Waals surface area contributed by atoms with E-state index in [1.54, 1.807) is 24.3 Å². The van der Waals surface area contributed by atoms with Gasteiger partial charge in [-0.1, -0.05) is 25.1 Å². The van der Waals surface area contributed by atoms with Gasteiger partial charge in [0.15, 0.2) is 0 Å². The van der Waals surface area contributed by atoms with Gasteiger partial charge >= 0.3 is 0 Å². The Kier molecular flexibility index (Phi) is 3.62. The van der Waals surface area contributed by atoms with Crippen molar-refractivity contribution in [1.29, 1.82) is 0 Å². The molecule has 1 heterocycles. The highest BCUT2D eigenvalue weighted by molar-refractivity contribution is 6.21. The molecular formula is C17H19NO3. The molecule has 0 radical (unpaired) electrons. The number of imide groups is 1. The highest BCUT2D eigenvalue weighted by Gasteiger charge is 2.46. The van der Waals surface area contributed by atoms with E-state index in [2.05, 4.69) is 6.92 Å². The van der Waals surface area contributed by atoms with Crippen molar-refractivity contribution in [3.8, 4) is 0 Å². The molecule has 3 unspecified atom stereocenters. The van der Waals surface area contributed by atoms with Crippen LogP contribution in [0.2, 0.25) is 0 Å². The molecule has 0 aromatic heterocycles. The van der Waals surface area contributed by atoms with E-state index in [-0.39, 0.29) is 29.9 Å². The Hall–Kier alpha value is -1.97. The Morgan fingerprint density at radius 2 is 1.76 bits per heavy atom. The van der Waals surface area contributed by atoms with Crippen LogP contribution in [0.1, 0.15) is 32.6 Å².